The minimum absolute atomic E-state index is 0.528. The Morgan fingerprint density at radius 2 is 2.06 bits per heavy atom. The quantitative estimate of drug-likeness (QED) is 0.806. The van der Waals surface area contributed by atoms with Crippen LogP contribution in [0.5, 0.6) is 0 Å². The van der Waals surface area contributed by atoms with Gasteiger partial charge in [0.2, 0.25) is 0 Å². The van der Waals surface area contributed by atoms with Gasteiger partial charge in [-0.25, -0.2) is 0 Å². The van der Waals surface area contributed by atoms with Crippen LogP contribution in [0.4, 0.5) is 0 Å². The minimum atomic E-state index is 0.528. The molecule has 2 aromatic rings. The van der Waals surface area contributed by atoms with Crippen molar-refractivity contribution in [3.05, 3.63) is 46.5 Å². The van der Waals surface area contributed by atoms with Crippen LogP contribution in [-0.2, 0) is 7.05 Å². The Balaban J connectivity index is 1.87. The molecule has 4 heteroatoms. The number of aromatic amines is 1. The van der Waals surface area contributed by atoms with Crippen LogP contribution in [0.2, 0.25) is 0 Å². The zero-order valence-corrected chi connectivity index (χ0v) is 9.87. The first-order valence-corrected chi connectivity index (χ1v) is 5.84. The fourth-order valence-electron chi connectivity index (χ4n) is 2.24. The Morgan fingerprint density at radius 1 is 1.31 bits per heavy atom. The van der Waals surface area contributed by atoms with Crippen molar-refractivity contribution in [3.8, 4) is 0 Å². The standard InChI is InChI=1S/C12H13N3S/c1-15-11(13-14-12(15)16)10-7-9(10)8-5-3-2-4-6-8/h2-6,9-10H,7H2,1H3,(H,14,16)/t9-,10+/m0/s1. The summed E-state index contributed by atoms with van der Waals surface area (Å²) in [5.41, 5.74) is 1.40. The SMILES string of the molecule is Cn1c([C@@H]2C[C@H]2c2ccccc2)n[nH]c1=S. The number of aromatic nitrogens is 3. The van der Waals surface area contributed by atoms with Gasteiger partial charge < -0.3 is 4.57 Å². The molecule has 3 nitrogen and oxygen atoms in total. The Kier molecular flexibility index (Phi) is 2.17. The molecule has 82 valence electrons. The Labute approximate surface area is 99.1 Å². The number of nitrogens with one attached hydrogen (secondary N) is 1. The summed E-state index contributed by atoms with van der Waals surface area (Å²) < 4.78 is 2.68. The van der Waals surface area contributed by atoms with Crippen molar-refractivity contribution >= 4 is 12.2 Å². The molecule has 1 aliphatic rings. The lowest BCUT2D eigenvalue weighted by Crippen LogP contribution is -1.96. The number of nitrogens with zero attached hydrogens (tertiary/aromatic N) is 2. The third kappa shape index (κ3) is 1.50. The molecule has 1 fully saturated rings. The lowest BCUT2D eigenvalue weighted by molar-refractivity contribution is 0.779. The van der Waals surface area contributed by atoms with Crippen molar-refractivity contribution in [2.75, 3.05) is 0 Å². The molecular weight excluding hydrogens is 218 g/mol. The van der Waals surface area contributed by atoms with Gasteiger partial charge in [0.15, 0.2) is 4.77 Å². The maximum absolute atomic E-state index is 5.12. The third-order valence-electron chi connectivity index (χ3n) is 3.26. The Morgan fingerprint density at radius 3 is 2.69 bits per heavy atom. The van der Waals surface area contributed by atoms with Crippen molar-refractivity contribution in [1.29, 1.82) is 0 Å². The van der Waals surface area contributed by atoms with Crippen molar-refractivity contribution < 1.29 is 0 Å². The summed E-state index contributed by atoms with van der Waals surface area (Å²) in [4.78, 5) is 0. The van der Waals surface area contributed by atoms with Crippen LogP contribution < -0.4 is 0 Å². The second-order valence-electron chi connectivity index (χ2n) is 4.31. The highest BCUT2D eigenvalue weighted by atomic mass is 32.1. The van der Waals surface area contributed by atoms with Crippen molar-refractivity contribution in [3.63, 3.8) is 0 Å². The molecule has 2 atom stereocenters. The van der Waals surface area contributed by atoms with Gasteiger partial charge in [0.25, 0.3) is 0 Å². The van der Waals surface area contributed by atoms with Crippen molar-refractivity contribution in [1.82, 2.24) is 14.8 Å². The molecule has 0 bridgehead atoms. The van der Waals surface area contributed by atoms with Gasteiger partial charge in [0.05, 0.1) is 0 Å². The third-order valence-corrected chi connectivity index (χ3v) is 3.63. The number of hydrogen-bond donors (Lipinski definition) is 1. The lowest BCUT2D eigenvalue weighted by atomic mass is 10.1. The predicted molar refractivity (Wildman–Crippen MR) is 64.9 cm³/mol. The van der Waals surface area contributed by atoms with Gasteiger partial charge >= 0.3 is 0 Å². The van der Waals surface area contributed by atoms with E-state index in [-0.39, 0.29) is 0 Å². The first kappa shape index (κ1) is 9.78. The molecule has 1 aliphatic carbocycles. The maximum Gasteiger partial charge on any atom is 0.194 e. The molecule has 16 heavy (non-hydrogen) atoms. The van der Waals surface area contributed by atoms with Crippen LogP contribution in [0.15, 0.2) is 30.3 Å². The topological polar surface area (TPSA) is 33.6 Å². The van der Waals surface area contributed by atoms with E-state index < -0.39 is 0 Å². The second-order valence-corrected chi connectivity index (χ2v) is 4.69. The molecule has 3 rings (SSSR count). The fraction of sp³-hybridized carbons (Fsp3) is 0.333. The average Bonchev–Trinajstić information content (AvgIpc) is 3.04. The van der Waals surface area contributed by atoms with Gasteiger partial charge in [-0.1, -0.05) is 30.3 Å². The second kappa shape index (κ2) is 3.56. The van der Waals surface area contributed by atoms with Gasteiger partial charge in [-0.2, -0.15) is 5.10 Å². The van der Waals surface area contributed by atoms with Crippen LogP contribution in [0.1, 0.15) is 29.6 Å². The van der Waals surface area contributed by atoms with Gasteiger partial charge in [-0.15, -0.1) is 0 Å². The Bertz CT molecular complexity index is 555. The van der Waals surface area contributed by atoms with E-state index in [1.807, 2.05) is 11.6 Å². The van der Waals surface area contributed by atoms with Gasteiger partial charge in [-0.05, 0) is 30.1 Å². The van der Waals surface area contributed by atoms with E-state index in [1.54, 1.807) is 0 Å². The van der Waals surface area contributed by atoms with E-state index in [4.69, 9.17) is 12.2 Å². The summed E-state index contributed by atoms with van der Waals surface area (Å²) in [5, 5.41) is 7.14. The molecule has 0 saturated heterocycles. The summed E-state index contributed by atoms with van der Waals surface area (Å²) >= 11 is 5.12. The van der Waals surface area contributed by atoms with Crippen LogP contribution in [0, 0.1) is 4.77 Å². The summed E-state index contributed by atoms with van der Waals surface area (Å²) in [6.45, 7) is 0. The summed E-state index contributed by atoms with van der Waals surface area (Å²) in [7, 11) is 1.97. The van der Waals surface area contributed by atoms with E-state index in [1.165, 1.54) is 12.0 Å². The first-order chi connectivity index (χ1) is 7.77. The molecule has 1 heterocycles. The van der Waals surface area contributed by atoms with E-state index in [9.17, 15) is 0 Å². The zero-order valence-electron chi connectivity index (χ0n) is 9.05. The van der Waals surface area contributed by atoms with Gasteiger partial charge in [-0.3, -0.25) is 5.10 Å². The molecule has 0 radical (unpaired) electrons. The monoisotopic (exact) mass is 231 g/mol. The van der Waals surface area contributed by atoms with Crippen LogP contribution in [0.3, 0.4) is 0 Å². The molecule has 1 N–H and O–H groups in total. The number of benzene rings is 1. The summed E-state index contributed by atoms with van der Waals surface area (Å²) in [6.07, 6.45) is 1.18. The molecule has 0 spiro atoms. The normalized spacial score (nSPS) is 23.3. The van der Waals surface area contributed by atoms with E-state index >= 15 is 0 Å². The van der Waals surface area contributed by atoms with E-state index in [2.05, 4.69) is 40.5 Å². The molecule has 0 unspecified atom stereocenters. The largest absolute Gasteiger partial charge is 0.307 e. The van der Waals surface area contributed by atoms with Crippen molar-refractivity contribution in [2.24, 2.45) is 7.05 Å². The van der Waals surface area contributed by atoms with Crippen LogP contribution in [0.25, 0.3) is 0 Å². The maximum atomic E-state index is 5.12. The van der Waals surface area contributed by atoms with Crippen molar-refractivity contribution in [2.45, 2.75) is 18.3 Å². The summed E-state index contributed by atoms with van der Waals surface area (Å²) in [5.74, 6) is 2.23. The molecule has 0 amide bonds. The molecule has 1 aromatic heterocycles. The predicted octanol–water partition coefficient (Wildman–Crippen LogP) is 2.75. The van der Waals surface area contributed by atoms with Gasteiger partial charge in [0.1, 0.15) is 5.82 Å². The number of rotatable bonds is 2. The van der Waals surface area contributed by atoms with E-state index in [0.29, 0.717) is 16.6 Å². The van der Waals surface area contributed by atoms with Gasteiger partial charge in [0, 0.05) is 13.0 Å². The highest BCUT2D eigenvalue weighted by molar-refractivity contribution is 7.71. The average molecular weight is 231 g/mol. The van der Waals surface area contributed by atoms with Crippen LogP contribution >= 0.6 is 12.2 Å². The molecule has 0 aliphatic heterocycles. The fourth-order valence-corrected chi connectivity index (χ4v) is 2.38. The van der Waals surface area contributed by atoms with E-state index in [0.717, 1.165) is 5.82 Å². The first-order valence-electron chi connectivity index (χ1n) is 5.43. The smallest absolute Gasteiger partial charge is 0.194 e. The molecule has 1 saturated carbocycles. The van der Waals surface area contributed by atoms with Crippen LogP contribution in [-0.4, -0.2) is 14.8 Å². The highest BCUT2D eigenvalue weighted by Crippen LogP contribution is 2.53. The highest BCUT2D eigenvalue weighted by Gasteiger charge is 2.42. The zero-order chi connectivity index (χ0) is 11.1. The lowest BCUT2D eigenvalue weighted by Gasteiger charge is -2.00. The molecular formula is C12H13N3S. The summed E-state index contributed by atoms with van der Waals surface area (Å²) in [6, 6.07) is 10.6. The Hall–Kier alpha value is -1.42. The minimum Gasteiger partial charge on any atom is -0.307 e. The number of H-pyrrole nitrogens is 1. The number of hydrogen-bond acceptors (Lipinski definition) is 2. The molecule has 1 aromatic carbocycles.